The molecule has 28 heavy (non-hydrogen) atoms. The third-order valence-electron chi connectivity index (χ3n) is 4.80. The second-order valence-electron chi connectivity index (χ2n) is 7.36. The first kappa shape index (κ1) is 19.5. The van der Waals surface area contributed by atoms with Crippen molar-refractivity contribution in [3.63, 3.8) is 0 Å². The number of carbonyl (C=O) groups excluding carboxylic acids is 2. The molecule has 0 aliphatic carbocycles. The predicted octanol–water partition coefficient (Wildman–Crippen LogP) is 1.04. The summed E-state index contributed by atoms with van der Waals surface area (Å²) in [5, 5.41) is 5.75. The molecule has 0 bridgehead atoms. The number of aryl methyl sites for hydroxylation is 1. The van der Waals surface area contributed by atoms with Gasteiger partial charge >= 0.3 is 0 Å². The molecule has 0 radical (unpaired) electrons. The van der Waals surface area contributed by atoms with E-state index < -0.39 is 5.56 Å². The second kappa shape index (κ2) is 7.41. The zero-order valence-electron chi connectivity index (χ0n) is 16.6. The summed E-state index contributed by atoms with van der Waals surface area (Å²) in [6.45, 7) is 7.27. The highest BCUT2D eigenvalue weighted by molar-refractivity contribution is 6.08. The van der Waals surface area contributed by atoms with Gasteiger partial charge in [0.1, 0.15) is 12.6 Å². The van der Waals surface area contributed by atoms with E-state index in [2.05, 4.69) is 20.6 Å². The Morgan fingerprint density at radius 1 is 1.32 bits per heavy atom. The van der Waals surface area contributed by atoms with E-state index in [0.717, 1.165) is 0 Å². The molecule has 9 nitrogen and oxygen atoms in total. The van der Waals surface area contributed by atoms with E-state index in [1.165, 1.54) is 4.90 Å². The number of aromatic amines is 1. The average molecular weight is 385 g/mol. The van der Waals surface area contributed by atoms with E-state index in [1.807, 2.05) is 27.1 Å². The van der Waals surface area contributed by atoms with Crippen molar-refractivity contribution >= 4 is 29.3 Å². The molecule has 2 aromatic rings. The third kappa shape index (κ3) is 3.60. The van der Waals surface area contributed by atoms with Crippen molar-refractivity contribution in [2.45, 2.75) is 39.8 Å². The Morgan fingerprint density at radius 3 is 2.68 bits per heavy atom. The van der Waals surface area contributed by atoms with Gasteiger partial charge in [0.25, 0.3) is 11.5 Å². The molecule has 0 saturated carbocycles. The van der Waals surface area contributed by atoms with E-state index in [0.29, 0.717) is 5.56 Å². The van der Waals surface area contributed by atoms with Crippen LogP contribution in [0.4, 0.5) is 17.5 Å². The van der Waals surface area contributed by atoms with Gasteiger partial charge in [-0.25, -0.2) is 4.57 Å². The molecule has 3 rings (SSSR count). The Labute approximate surface area is 162 Å². The van der Waals surface area contributed by atoms with Crippen molar-refractivity contribution in [1.82, 2.24) is 9.97 Å². The second-order valence-corrected chi connectivity index (χ2v) is 7.36. The molecule has 1 aliphatic heterocycles. The fourth-order valence-corrected chi connectivity index (χ4v) is 3.01. The lowest BCUT2D eigenvalue weighted by atomic mass is 10.0. The number of pyridine rings is 1. The molecular weight excluding hydrogens is 360 g/mol. The first-order valence-electron chi connectivity index (χ1n) is 9.19. The van der Waals surface area contributed by atoms with Crippen molar-refractivity contribution in [2.24, 2.45) is 13.0 Å². The third-order valence-corrected chi connectivity index (χ3v) is 4.80. The fraction of sp³-hybridized carbons (Fsp3) is 0.421. The Kier molecular flexibility index (Phi) is 5.17. The van der Waals surface area contributed by atoms with Gasteiger partial charge in [0, 0.05) is 18.0 Å². The minimum absolute atomic E-state index is 0.0511. The van der Waals surface area contributed by atoms with Gasteiger partial charge in [0.05, 0.1) is 6.04 Å². The van der Waals surface area contributed by atoms with Crippen LogP contribution in [-0.4, -0.2) is 33.9 Å². The number of hydrogen-bond acceptors (Lipinski definition) is 5. The monoisotopic (exact) mass is 385 g/mol. The lowest BCUT2D eigenvalue weighted by molar-refractivity contribution is -0.671. The number of H-pyrrole nitrogens is 1. The Balaban J connectivity index is 2.06. The standard InChI is InChI=1S/C19H24N6O3/c1-10(2)16(26)22-19-21-15-14(17(27)23-19)25(12(4)11(3)20-15)18(28)13-7-6-8-24(5)9-13/h6-12H,1-5H3,(H2-,20,21,22,23,26,27)/p+1/t11-,12-/m0/s1. The largest absolute Gasteiger partial charge is 0.364 e. The van der Waals surface area contributed by atoms with Crippen LogP contribution < -0.4 is 25.7 Å². The van der Waals surface area contributed by atoms with E-state index >= 15 is 0 Å². The topological polar surface area (TPSA) is 111 Å². The number of rotatable bonds is 3. The van der Waals surface area contributed by atoms with E-state index in [9.17, 15) is 14.4 Å². The quantitative estimate of drug-likeness (QED) is 0.684. The summed E-state index contributed by atoms with van der Waals surface area (Å²) in [6.07, 6.45) is 3.53. The molecule has 3 N–H and O–H groups in total. The molecule has 0 aromatic carbocycles. The Hall–Kier alpha value is -3.23. The smallest absolute Gasteiger partial charge is 0.278 e. The SMILES string of the molecule is CC(C)C(=O)Nc1nc2c(c(=O)[nH]1)N(C(=O)c1ccc[n+](C)c1)[C@@H](C)[C@H](C)N2. The Morgan fingerprint density at radius 2 is 2.04 bits per heavy atom. The number of anilines is 3. The summed E-state index contributed by atoms with van der Waals surface area (Å²) in [5.41, 5.74) is 0.113. The van der Waals surface area contributed by atoms with Gasteiger partial charge in [0.2, 0.25) is 11.9 Å². The molecule has 1 aliphatic rings. The lowest BCUT2D eigenvalue weighted by Gasteiger charge is -2.38. The minimum atomic E-state index is -0.496. The van der Waals surface area contributed by atoms with E-state index in [4.69, 9.17) is 0 Å². The van der Waals surface area contributed by atoms with Crippen molar-refractivity contribution in [3.05, 3.63) is 40.4 Å². The maximum atomic E-state index is 13.2. The molecule has 2 aromatic heterocycles. The molecule has 0 saturated heterocycles. The molecule has 3 heterocycles. The molecule has 0 fully saturated rings. The first-order valence-corrected chi connectivity index (χ1v) is 9.19. The molecular formula is C19H25N6O3+. The van der Waals surface area contributed by atoms with Crippen LogP contribution in [0.3, 0.4) is 0 Å². The van der Waals surface area contributed by atoms with Gasteiger partial charge in [-0.1, -0.05) is 13.8 Å². The molecule has 148 valence electrons. The highest BCUT2D eigenvalue weighted by atomic mass is 16.2. The first-order chi connectivity index (χ1) is 13.2. The van der Waals surface area contributed by atoms with Crippen LogP contribution in [0.15, 0.2) is 29.3 Å². The fourth-order valence-electron chi connectivity index (χ4n) is 3.01. The summed E-state index contributed by atoms with van der Waals surface area (Å²) in [7, 11) is 1.83. The van der Waals surface area contributed by atoms with Gasteiger partial charge in [-0.2, -0.15) is 4.98 Å². The predicted molar refractivity (Wildman–Crippen MR) is 105 cm³/mol. The number of hydrogen-bond donors (Lipinski definition) is 3. The van der Waals surface area contributed by atoms with Crippen LogP contribution in [0.2, 0.25) is 0 Å². The van der Waals surface area contributed by atoms with Crippen LogP contribution in [0, 0.1) is 5.92 Å². The summed E-state index contributed by atoms with van der Waals surface area (Å²) >= 11 is 0. The van der Waals surface area contributed by atoms with Crippen molar-refractivity contribution in [2.75, 3.05) is 15.5 Å². The molecule has 2 amide bonds. The van der Waals surface area contributed by atoms with Gasteiger partial charge in [-0.3, -0.25) is 29.6 Å². The van der Waals surface area contributed by atoms with Gasteiger partial charge in [-0.15, -0.1) is 0 Å². The average Bonchev–Trinajstić information content (AvgIpc) is 2.62. The molecule has 0 spiro atoms. The normalized spacial score (nSPS) is 18.4. The zero-order valence-corrected chi connectivity index (χ0v) is 16.6. The summed E-state index contributed by atoms with van der Waals surface area (Å²) < 4.78 is 1.78. The van der Waals surface area contributed by atoms with E-state index in [-0.39, 0.29) is 47.3 Å². The van der Waals surface area contributed by atoms with E-state index in [1.54, 1.807) is 36.7 Å². The molecule has 0 unspecified atom stereocenters. The summed E-state index contributed by atoms with van der Waals surface area (Å²) in [6, 6.07) is 3.07. The highest BCUT2D eigenvalue weighted by Gasteiger charge is 2.37. The van der Waals surface area contributed by atoms with Crippen LogP contribution in [-0.2, 0) is 11.8 Å². The summed E-state index contributed by atoms with van der Waals surface area (Å²) in [4.78, 5) is 46.3. The maximum absolute atomic E-state index is 13.2. The van der Waals surface area contributed by atoms with Crippen LogP contribution in [0.1, 0.15) is 38.1 Å². The summed E-state index contributed by atoms with van der Waals surface area (Å²) in [5.74, 6) is -0.489. The van der Waals surface area contributed by atoms with Crippen molar-refractivity contribution in [1.29, 1.82) is 0 Å². The zero-order chi connectivity index (χ0) is 20.6. The molecule has 9 heteroatoms. The lowest BCUT2D eigenvalue weighted by Crippen LogP contribution is -2.53. The maximum Gasteiger partial charge on any atom is 0.278 e. The van der Waals surface area contributed by atoms with Crippen LogP contribution in [0.25, 0.3) is 0 Å². The van der Waals surface area contributed by atoms with Crippen molar-refractivity contribution in [3.8, 4) is 0 Å². The van der Waals surface area contributed by atoms with Gasteiger partial charge < -0.3 is 5.32 Å². The van der Waals surface area contributed by atoms with Gasteiger partial charge in [-0.05, 0) is 19.9 Å². The number of fused-ring (bicyclic) bond motifs is 1. The number of carbonyl (C=O) groups is 2. The van der Waals surface area contributed by atoms with Crippen LogP contribution >= 0.6 is 0 Å². The number of aromatic nitrogens is 3. The number of nitrogens with one attached hydrogen (secondary N) is 3. The van der Waals surface area contributed by atoms with Crippen LogP contribution in [0.5, 0.6) is 0 Å². The number of amides is 2. The highest BCUT2D eigenvalue weighted by Crippen LogP contribution is 2.31. The van der Waals surface area contributed by atoms with Gasteiger partial charge in [0.15, 0.2) is 23.9 Å². The molecule has 2 atom stereocenters. The van der Waals surface area contributed by atoms with Crippen molar-refractivity contribution < 1.29 is 14.2 Å². The minimum Gasteiger partial charge on any atom is -0.364 e. The number of nitrogens with zero attached hydrogens (tertiary/aromatic N) is 3. The Bertz CT molecular complexity index is 984.